The quantitative estimate of drug-likeness (QED) is 0.165. The minimum atomic E-state index is -0.609. The second-order valence-electron chi connectivity index (χ2n) is 12.7. The van der Waals surface area contributed by atoms with Crippen LogP contribution in [0, 0.1) is 0 Å². The van der Waals surface area contributed by atoms with Crippen molar-refractivity contribution < 1.29 is 17.8 Å². The average Bonchev–Trinajstić information content (AvgIpc) is 3.74. The lowest BCUT2D eigenvalue weighted by Crippen LogP contribution is -2.05. The van der Waals surface area contributed by atoms with Crippen molar-refractivity contribution in [2.24, 2.45) is 0 Å². The summed E-state index contributed by atoms with van der Waals surface area (Å²) in [7, 11) is 0. The summed E-state index contributed by atoms with van der Waals surface area (Å²) >= 11 is 0. The topological polar surface area (TPSA) is 43.6 Å². The van der Waals surface area contributed by atoms with E-state index in [2.05, 4.69) is 6.07 Å². The van der Waals surface area contributed by atoms with Crippen LogP contribution in [-0.4, -0.2) is 19.5 Å². The first kappa shape index (κ1) is 21.3. The number of benzene rings is 8. The third-order valence-corrected chi connectivity index (χ3v) is 9.39. The molecule has 0 atom stereocenters. The lowest BCUT2D eigenvalue weighted by Gasteiger charge is -2.19. The SMILES string of the molecule is [2H]c1c([2H])c([2H])c(-c2nc(-c3ccccc3)nc(-c3c(-c4cc(-c5ccccc5)cc(-c5ccccc5)c4)cccc3-n3c4c([2H])c([2H])c([2H])c([2H])c4c4c([2H])c([2H])c([2H])c([2H])c43)n2)c([2H])c1[2H]. The largest absolute Gasteiger partial charge is 0.308 e. The highest BCUT2D eigenvalue weighted by Gasteiger charge is 2.23. The summed E-state index contributed by atoms with van der Waals surface area (Å²) in [5.41, 5.74) is 4.80. The lowest BCUT2D eigenvalue weighted by molar-refractivity contribution is 1.06. The summed E-state index contributed by atoms with van der Waals surface area (Å²) in [5, 5.41) is -0.264. The van der Waals surface area contributed by atoms with Gasteiger partial charge in [0, 0.05) is 21.9 Å². The zero-order valence-corrected chi connectivity index (χ0v) is 28.9. The predicted octanol–water partition coefficient (Wildman–Crippen LogP) is 13.0. The van der Waals surface area contributed by atoms with Gasteiger partial charge in [-0.25, -0.2) is 15.0 Å². The molecule has 2 aromatic heterocycles. The van der Waals surface area contributed by atoms with Gasteiger partial charge >= 0.3 is 0 Å². The molecule has 0 saturated heterocycles. The fourth-order valence-electron chi connectivity index (χ4n) is 6.92. The summed E-state index contributed by atoms with van der Waals surface area (Å²) in [6, 6.07) is 32.1. The van der Waals surface area contributed by atoms with Crippen molar-refractivity contribution in [2.45, 2.75) is 0 Å². The van der Waals surface area contributed by atoms with Crippen molar-refractivity contribution >= 4 is 21.8 Å². The Kier molecular flexibility index (Phi) is 5.37. The zero-order valence-electron chi connectivity index (χ0n) is 41.9. The normalized spacial score (nSPS) is 14.6. The molecule has 4 nitrogen and oxygen atoms in total. The van der Waals surface area contributed by atoms with Crippen molar-refractivity contribution in [3.8, 4) is 73.2 Å². The molecule has 258 valence electrons. The molecule has 10 rings (SSSR count). The molecule has 8 aromatic carbocycles. The van der Waals surface area contributed by atoms with E-state index in [0.29, 0.717) is 16.7 Å². The van der Waals surface area contributed by atoms with Gasteiger partial charge in [0.15, 0.2) is 17.5 Å². The van der Waals surface area contributed by atoms with Crippen molar-refractivity contribution in [3.63, 3.8) is 0 Å². The molecule has 0 radical (unpaired) electrons. The van der Waals surface area contributed by atoms with Crippen LogP contribution in [0.3, 0.4) is 0 Å². The number of hydrogen-bond donors (Lipinski definition) is 0. The van der Waals surface area contributed by atoms with E-state index in [1.165, 1.54) is 4.57 Å². The molecule has 4 heteroatoms. The maximum atomic E-state index is 9.37. The third-order valence-electron chi connectivity index (χ3n) is 9.39. The smallest absolute Gasteiger partial charge is 0.166 e. The number of aromatic nitrogens is 4. The Balaban J connectivity index is 1.43. The molecule has 0 spiro atoms. The second kappa shape index (κ2) is 13.8. The molecule has 0 bridgehead atoms. The summed E-state index contributed by atoms with van der Waals surface area (Å²) in [6.45, 7) is 0. The Hall–Kier alpha value is -7.43. The van der Waals surface area contributed by atoms with Gasteiger partial charge < -0.3 is 4.57 Å². The van der Waals surface area contributed by atoms with Gasteiger partial charge in [-0.2, -0.15) is 0 Å². The second-order valence-corrected chi connectivity index (χ2v) is 12.7. The number of fused-ring (bicyclic) bond motifs is 3. The molecule has 55 heavy (non-hydrogen) atoms. The standard InChI is InChI=1S/C51H34N4/c1-5-18-35(19-6-1)39-32-40(36-20-7-2-8-21-36)34-41(33-39)42-28-17-31-47(55-45-29-15-13-26-43(45)44-27-14-16-30-46(44)55)48(42)51-53-49(37-22-9-3-10-23-37)52-50(54-51)38-24-11-4-12-25-38/h1-34H/i3D,9D,10D,13D,14D,15D,16D,22D,23D,26D,27D,29D,30D. The third kappa shape index (κ3) is 5.96. The van der Waals surface area contributed by atoms with E-state index in [4.69, 9.17) is 30.0 Å². The van der Waals surface area contributed by atoms with Gasteiger partial charge in [0.25, 0.3) is 0 Å². The van der Waals surface area contributed by atoms with Crippen LogP contribution in [-0.2, 0) is 0 Å². The Morgan fingerprint density at radius 3 is 1.42 bits per heavy atom. The van der Waals surface area contributed by atoms with Gasteiger partial charge in [0.05, 0.1) is 40.1 Å². The van der Waals surface area contributed by atoms with Crippen molar-refractivity contribution in [1.82, 2.24) is 19.5 Å². The molecule has 0 fully saturated rings. The van der Waals surface area contributed by atoms with E-state index >= 15 is 0 Å². The summed E-state index contributed by atoms with van der Waals surface area (Å²) in [4.78, 5) is 14.7. The first-order valence-electron chi connectivity index (χ1n) is 24.0. The van der Waals surface area contributed by atoms with Gasteiger partial charge in [0.1, 0.15) is 0 Å². The van der Waals surface area contributed by atoms with Crippen LogP contribution in [0.2, 0.25) is 0 Å². The Bertz CT molecular complexity index is 3550. The minimum absolute atomic E-state index is 0.0623. The Morgan fingerprint density at radius 1 is 0.364 bits per heavy atom. The van der Waals surface area contributed by atoms with Gasteiger partial charge in [-0.05, 0) is 69.7 Å². The highest BCUT2D eigenvalue weighted by Crippen LogP contribution is 2.43. The van der Waals surface area contributed by atoms with E-state index in [1.807, 2.05) is 78.9 Å². The van der Waals surface area contributed by atoms with E-state index in [9.17, 15) is 2.74 Å². The molecule has 2 heterocycles. The van der Waals surface area contributed by atoms with Crippen molar-refractivity contribution in [2.75, 3.05) is 0 Å². The van der Waals surface area contributed by atoms with E-state index in [-0.39, 0.29) is 56.1 Å². The molecule has 10 aromatic rings. The van der Waals surface area contributed by atoms with Gasteiger partial charge in [-0.1, -0.05) is 170 Å². The van der Waals surface area contributed by atoms with E-state index < -0.39 is 78.6 Å². The van der Waals surface area contributed by atoms with E-state index in [0.717, 1.165) is 22.3 Å². The highest BCUT2D eigenvalue weighted by molar-refractivity contribution is 6.10. The zero-order chi connectivity index (χ0) is 47.9. The van der Waals surface area contributed by atoms with Crippen LogP contribution in [0.1, 0.15) is 17.8 Å². The fraction of sp³-hybridized carbons (Fsp3) is 0. The van der Waals surface area contributed by atoms with Crippen LogP contribution >= 0.6 is 0 Å². The Labute approximate surface area is 338 Å². The molecule has 0 amide bonds. The minimum Gasteiger partial charge on any atom is -0.308 e. The van der Waals surface area contributed by atoms with Crippen LogP contribution < -0.4 is 0 Å². The first-order valence-corrected chi connectivity index (χ1v) is 17.5. The molecular formula is C51H34N4. The number of rotatable bonds is 7. The van der Waals surface area contributed by atoms with Crippen LogP contribution in [0.4, 0.5) is 0 Å². The molecule has 0 aliphatic heterocycles. The Morgan fingerprint density at radius 2 is 0.836 bits per heavy atom. The van der Waals surface area contributed by atoms with Crippen LogP contribution in [0.5, 0.6) is 0 Å². The molecular weight excluding hydrogens is 669 g/mol. The summed E-state index contributed by atoms with van der Waals surface area (Å²) in [5.74, 6) is -0.290. The van der Waals surface area contributed by atoms with Crippen LogP contribution in [0.25, 0.3) is 95.0 Å². The van der Waals surface area contributed by atoms with Crippen molar-refractivity contribution in [3.05, 3.63) is 206 Å². The first-order chi connectivity index (χ1) is 32.7. The molecule has 0 saturated carbocycles. The highest BCUT2D eigenvalue weighted by atomic mass is 15.1. The monoisotopic (exact) mass is 715 g/mol. The fourth-order valence-corrected chi connectivity index (χ4v) is 6.92. The maximum absolute atomic E-state index is 9.37. The van der Waals surface area contributed by atoms with E-state index in [1.54, 1.807) is 42.5 Å². The summed E-state index contributed by atoms with van der Waals surface area (Å²) < 4.78 is 117. The summed E-state index contributed by atoms with van der Waals surface area (Å²) in [6.07, 6.45) is 0. The average molecular weight is 716 g/mol. The van der Waals surface area contributed by atoms with Gasteiger partial charge in [-0.15, -0.1) is 0 Å². The lowest BCUT2D eigenvalue weighted by atomic mass is 9.90. The number of hydrogen-bond acceptors (Lipinski definition) is 3. The molecule has 0 aliphatic rings. The molecule has 0 unspecified atom stereocenters. The van der Waals surface area contributed by atoms with Crippen molar-refractivity contribution in [1.29, 1.82) is 0 Å². The van der Waals surface area contributed by atoms with Crippen LogP contribution in [0.15, 0.2) is 206 Å². The predicted molar refractivity (Wildman–Crippen MR) is 227 cm³/mol. The molecule has 0 aliphatic carbocycles. The number of nitrogens with zero attached hydrogens (tertiary/aromatic N) is 4. The van der Waals surface area contributed by atoms with Gasteiger partial charge in [-0.3, -0.25) is 0 Å². The molecule has 0 N–H and O–H groups in total. The maximum Gasteiger partial charge on any atom is 0.166 e. The number of para-hydroxylation sites is 2. The van der Waals surface area contributed by atoms with Gasteiger partial charge in [0.2, 0.25) is 0 Å².